The zero-order chi connectivity index (χ0) is 18.9. The van der Waals surface area contributed by atoms with E-state index in [0.717, 1.165) is 0 Å². The van der Waals surface area contributed by atoms with Crippen LogP contribution in [-0.4, -0.2) is 25.0 Å². The van der Waals surface area contributed by atoms with Gasteiger partial charge >= 0.3 is 0 Å². The van der Waals surface area contributed by atoms with Gasteiger partial charge in [0.2, 0.25) is 5.91 Å². The molecule has 0 heterocycles. The van der Waals surface area contributed by atoms with Gasteiger partial charge in [-0.1, -0.05) is 31.9 Å². The lowest BCUT2D eigenvalue weighted by atomic mass is 10.2. The van der Waals surface area contributed by atoms with Crippen molar-refractivity contribution in [2.75, 3.05) is 18.5 Å². The molecule has 0 aliphatic rings. The van der Waals surface area contributed by atoms with Gasteiger partial charge < -0.3 is 15.4 Å². The third kappa shape index (κ3) is 5.99. The Balaban J connectivity index is 1.88. The summed E-state index contributed by atoms with van der Waals surface area (Å²) in [6, 6.07) is 13.8. The smallest absolute Gasteiger partial charge is 0.251 e. The molecule has 0 aliphatic carbocycles. The van der Waals surface area contributed by atoms with E-state index in [2.05, 4.69) is 30.4 Å². The third-order valence-corrected chi connectivity index (χ3v) is 3.40. The minimum absolute atomic E-state index is 0.143. The summed E-state index contributed by atoms with van der Waals surface area (Å²) in [4.78, 5) is 24.2. The van der Waals surface area contributed by atoms with Crippen LogP contribution in [0.5, 0.6) is 5.75 Å². The number of hydrogen-bond donors (Lipinski definition) is 2. The van der Waals surface area contributed by atoms with Gasteiger partial charge in [0.05, 0.1) is 13.2 Å². The molecule has 0 saturated carbocycles. The van der Waals surface area contributed by atoms with Crippen LogP contribution in [0.1, 0.15) is 29.8 Å². The van der Waals surface area contributed by atoms with Crippen LogP contribution in [0.2, 0.25) is 0 Å². The number of carbonyl (C=O) groups is 2. The fourth-order valence-corrected chi connectivity index (χ4v) is 2.14. The lowest BCUT2D eigenvalue weighted by molar-refractivity contribution is -0.115. The van der Waals surface area contributed by atoms with Crippen molar-refractivity contribution in [3.8, 4) is 18.1 Å². The SMILES string of the molecule is C#Cc1cccc(NC(=O)CNC(=O)c2cccc(OCC(C)C)c2)c1. The lowest BCUT2D eigenvalue weighted by Crippen LogP contribution is -2.32. The van der Waals surface area contributed by atoms with Crippen molar-refractivity contribution >= 4 is 17.5 Å². The summed E-state index contributed by atoms with van der Waals surface area (Å²) < 4.78 is 5.61. The molecule has 134 valence electrons. The molecule has 0 bridgehead atoms. The van der Waals surface area contributed by atoms with Gasteiger partial charge in [0.1, 0.15) is 5.75 Å². The lowest BCUT2D eigenvalue weighted by Gasteiger charge is -2.10. The van der Waals surface area contributed by atoms with Crippen LogP contribution in [0.15, 0.2) is 48.5 Å². The van der Waals surface area contributed by atoms with Crippen molar-refractivity contribution in [1.29, 1.82) is 0 Å². The number of hydrogen-bond acceptors (Lipinski definition) is 3. The normalized spacial score (nSPS) is 10.1. The largest absolute Gasteiger partial charge is 0.493 e. The molecule has 0 unspecified atom stereocenters. The number of terminal acetylenes is 1. The van der Waals surface area contributed by atoms with Crippen LogP contribution >= 0.6 is 0 Å². The Morgan fingerprint density at radius 3 is 2.65 bits per heavy atom. The summed E-state index contributed by atoms with van der Waals surface area (Å²) in [7, 11) is 0. The van der Waals surface area contributed by atoms with Crippen molar-refractivity contribution in [3.05, 3.63) is 59.7 Å². The van der Waals surface area contributed by atoms with Gasteiger partial charge in [0.25, 0.3) is 5.91 Å². The van der Waals surface area contributed by atoms with Gasteiger partial charge in [-0.3, -0.25) is 9.59 Å². The Bertz CT molecular complexity index is 822. The first-order valence-electron chi connectivity index (χ1n) is 8.35. The number of carbonyl (C=O) groups excluding carboxylic acids is 2. The average Bonchev–Trinajstić information content (AvgIpc) is 2.64. The van der Waals surface area contributed by atoms with Gasteiger partial charge in [-0.2, -0.15) is 0 Å². The van der Waals surface area contributed by atoms with E-state index in [-0.39, 0.29) is 18.4 Å². The summed E-state index contributed by atoms with van der Waals surface area (Å²) in [6.07, 6.45) is 5.33. The van der Waals surface area contributed by atoms with Gasteiger partial charge in [-0.05, 0) is 42.3 Å². The Hall–Kier alpha value is -3.26. The monoisotopic (exact) mass is 350 g/mol. The second-order valence-electron chi connectivity index (χ2n) is 6.19. The first-order chi connectivity index (χ1) is 12.5. The van der Waals surface area contributed by atoms with Crippen LogP contribution in [0.3, 0.4) is 0 Å². The van der Waals surface area contributed by atoms with E-state index in [1.54, 1.807) is 48.5 Å². The summed E-state index contributed by atoms with van der Waals surface area (Å²) in [5, 5.41) is 5.29. The van der Waals surface area contributed by atoms with E-state index >= 15 is 0 Å². The second kappa shape index (κ2) is 9.28. The number of anilines is 1. The Kier molecular flexibility index (Phi) is 6.81. The maximum Gasteiger partial charge on any atom is 0.251 e. The van der Waals surface area contributed by atoms with Crippen molar-refractivity contribution in [2.45, 2.75) is 13.8 Å². The first kappa shape index (κ1) is 19.1. The molecule has 2 amide bonds. The molecule has 0 aromatic heterocycles. The third-order valence-electron chi connectivity index (χ3n) is 3.40. The van der Waals surface area contributed by atoms with E-state index in [0.29, 0.717) is 35.1 Å². The predicted molar refractivity (Wildman–Crippen MR) is 102 cm³/mol. The number of ether oxygens (including phenoxy) is 1. The predicted octanol–water partition coefficient (Wildman–Crippen LogP) is 3.07. The molecule has 2 aromatic rings. The number of nitrogens with one attached hydrogen (secondary N) is 2. The van der Waals surface area contributed by atoms with E-state index in [1.807, 2.05) is 0 Å². The van der Waals surface area contributed by atoms with Gasteiger partial charge in [0, 0.05) is 16.8 Å². The molecule has 2 aromatic carbocycles. The molecule has 0 radical (unpaired) electrons. The van der Waals surface area contributed by atoms with Crippen molar-refractivity contribution < 1.29 is 14.3 Å². The molecule has 2 rings (SSSR count). The molecule has 0 fully saturated rings. The highest BCUT2D eigenvalue weighted by molar-refractivity contribution is 5.99. The minimum Gasteiger partial charge on any atom is -0.493 e. The van der Waals surface area contributed by atoms with Crippen LogP contribution in [0, 0.1) is 18.3 Å². The maximum absolute atomic E-state index is 12.2. The molecule has 5 nitrogen and oxygen atoms in total. The number of rotatable bonds is 7. The van der Waals surface area contributed by atoms with Crippen LogP contribution in [0.25, 0.3) is 0 Å². The fourth-order valence-electron chi connectivity index (χ4n) is 2.14. The Morgan fingerprint density at radius 2 is 1.92 bits per heavy atom. The fraction of sp³-hybridized carbons (Fsp3) is 0.238. The molecule has 26 heavy (non-hydrogen) atoms. The van der Waals surface area contributed by atoms with Crippen LogP contribution < -0.4 is 15.4 Å². The maximum atomic E-state index is 12.2. The Labute approximate surface area is 153 Å². The molecule has 5 heteroatoms. The van der Waals surface area contributed by atoms with E-state index in [1.165, 1.54) is 0 Å². The highest BCUT2D eigenvalue weighted by atomic mass is 16.5. The molecule has 0 aliphatic heterocycles. The summed E-state index contributed by atoms with van der Waals surface area (Å²) in [5.41, 5.74) is 1.70. The highest BCUT2D eigenvalue weighted by Crippen LogP contribution is 2.14. The quantitative estimate of drug-likeness (QED) is 0.754. The molecule has 0 spiro atoms. The standard InChI is InChI=1S/C21H22N2O3/c1-4-16-7-5-9-18(11-16)23-20(24)13-22-21(25)17-8-6-10-19(12-17)26-14-15(2)3/h1,5-12,15H,13-14H2,2-3H3,(H,22,25)(H,23,24). The summed E-state index contributed by atoms with van der Waals surface area (Å²) in [5.74, 6) is 2.85. The van der Waals surface area contributed by atoms with E-state index in [9.17, 15) is 9.59 Å². The number of benzene rings is 2. The van der Waals surface area contributed by atoms with Crippen molar-refractivity contribution in [1.82, 2.24) is 5.32 Å². The Morgan fingerprint density at radius 1 is 1.15 bits per heavy atom. The topological polar surface area (TPSA) is 67.4 Å². The molecule has 2 N–H and O–H groups in total. The van der Waals surface area contributed by atoms with Crippen LogP contribution in [-0.2, 0) is 4.79 Å². The second-order valence-corrected chi connectivity index (χ2v) is 6.19. The average molecular weight is 350 g/mol. The molecular formula is C21H22N2O3. The van der Waals surface area contributed by atoms with E-state index < -0.39 is 0 Å². The summed E-state index contributed by atoms with van der Waals surface area (Å²) in [6.45, 7) is 4.53. The zero-order valence-electron chi connectivity index (χ0n) is 14.9. The molecule has 0 atom stereocenters. The first-order valence-corrected chi connectivity index (χ1v) is 8.35. The highest BCUT2D eigenvalue weighted by Gasteiger charge is 2.10. The van der Waals surface area contributed by atoms with Crippen molar-refractivity contribution in [2.24, 2.45) is 5.92 Å². The molecule has 0 saturated heterocycles. The summed E-state index contributed by atoms with van der Waals surface area (Å²) >= 11 is 0. The van der Waals surface area contributed by atoms with Gasteiger partial charge in [0.15, 0.2) is 0 Å². The minimum atomic E-state index is -0.340. The van der Waals surface area contributed by atoms with Crippen molar-refractivity contribution in [3.63, 3.8) is 0 Å². The van der Waals surface area contributed by atoms with Gasteiger partial charge in [-0.15, -0.1) is 6.42 Å². The van der Waals surface area contributed by atoms with Gasteiger partial charge in [-0.25, -0.2) is 0 Å². The zero-order valence-corrected chi connectivity index (χ0v) is 14.9. The molecular weight excluding hydrogens is 328 g/mol. The van der Waals surface area contributed by atoms with E-state index in [4.69, 9.17) is 11.2 Å². The van der Waals surface area contributed by atoms with Crippen LogP contribution in [0.4, 0.5) is 5.69 Å². The number of amides is 2.